The van der Waals surface area contributed by atoms with E-state index in [1.54, 1.807) is 59.7 Å². The fourth-order valence-electron chi connectivity index (χ4n) is 9.51. The number of rotatable bonds is 13. The number of nitrogens with zero attached hydrogens (tertiary/aromatic N) is 1. The standard InChI is InChI=1S/C46H77NO17.H3O4P/c1-13-33-30(22-58-45-42(57-12)41(56-11)37(52)26(5)60-45)18-23(2)14-15-31(49)24(3)19-29(16-17-48)39(25(4)32(50)20-34(51)62-33)64-44-38(53)36(47(9)10)40(27(6)61-44)63-35-21-46(8,55)43(54)28(7)59-35;1-5(2,3)4/h14-15,17-18,24-30,32-33,35-45,50,52-55H,13,16,19-22H2,1-12H3;(H3,1,2,3,4)/b15-14+,23-18+;/t24-,25+,26-,27?,28+,29-,30-,32-,33-,35+,36?,37-,38-,39-,40-,41?,42+,43+,44?,45-,46?;/m1./s1. The molecular formula is C46H80NO21P. The molecule has 0 spiro atoms. The second-order valence-corrected chi connectivity index (χ2v) is 20.3. The largest absolute Gasteiger partial charge is 0.466 e. The first kappa shape index (κ1) is 61.1. The van der Waals surface area contributed by atoms with Gasteiger partial charge in [-0.25, -0.2) is 4.57 Å². The molecule has 4 rings (SSSR count). The summed E-state index contributed by atoms with van der Waals surface area (Å²) in [4.78, 5) is 63.1. The second kappa shape index (κ2) is 27.2. The van der Waals surface area contributed by atoms with Crippen LogP contribution >= 0.6 is 7.82 Å². The lowest BCUT2D eigenvalue weighted by Gasteiger charge is -2.50. The van der Waals surface area contributed by atoms with Crippen molar-refractivity contribution in [1.82, 2.24) is 4.90 Å². The first-order valence-electron chi connectivity index (χ1n) is 23.5. The van der Waals surface area contributed by atoms with Gasteiger partial charge < -0.3 is 92.5 Å². The van der Waals surface area contributed by atoms with Gasteiger partial charge in [0.25, 0.3) is 0 Å². The van der Waals surface area contributed by atoms with Crippen molar-refractivity contribution in [2.45, 2.75) is 191 Å². The molecule has 0 aromatic heterocycles. The van der Waals surface area contributed by atoms with Crippen LogP contribution in [0, 0.1) is 23.7 Å². The number of ketones is 1. The number of phosphoric acid groups is 1. The summed E-state index contributed by atoms with van der Waals surface area (Å²) in [5.74, 6) is -3.59. The summed E-state index contributed by atoms with van der Waals surface area (Å²) >= 11 is 0. The molecule has 0 aromatic rings. The van der Waals surface area contributed by atoms with Gasteiger partial charge in [-0.15, -0.1) is 0 Å². The van der Waals surface area contributed by atoms with E-state index in [2.05, 4.69) is 0 Å². The maximum atomic E-state index is 13.8. The number of carbonyl (C=O) groups is 3. The fourth-order valence-corrected chi connectivity index (χ4v) is 9.51. The predicted molar refractivity (Wildman–Crippen MR) is 245 cm³/mol. The lowest BCUT2D eigenvalue weighted by molar-refractivity contribution is -0.341. The summed E-state index contributed by atoms with van der Waals surface area (Å²) in [7, 11) is 1.79. The number of hydrogen-bond acceptors (Lipinski definition) is 19. The molecule has 0 aromatic carbocycles. The van der Waals surface area contributed by atoms with Crippen molar-refractivity contribution in [2.75, 3.05) is 34.9 Å². The maximum absolute atomic E-state index is 13.8. The van der Waals surface area contributed by atoms with Gasteiger partial charge in [-0.2, -0.15) is 0 Å². The normalized spacial score (nSPS) is 43.5. The highest BCUT2D eigenvalue weighted by Gasteiger charge is 2.52. The van der Waals surface area contributed by atoms with Crippen LogP contribution in [0.2, 0.25) is 0 Å². The number of methoxy groups -OCH3 is 2. The Hall–Kier alpha value is -2.16. The molecule has 3 saturated heterocycles. The Kier molecular flexibility index (Phi) is 24.1. The molecule has 22 nitrogen and oxygen atoms in total. The Bertz CT molecular complexity index is 1720. The summed E-state index contributed by atoms with van der Waals surface area (Å²) in [5.41, 5.74) is -0.806. The van der Waals surface area contributed by atoms with E-state index >= 15 is 0 Å². The van der Waals surface area contributed by atoms with E-state index in [4.69, 9.17) is 61.9 Å². The molecule has 0 bridgehead atoms. The minimum atomic E-state index is -4.64. The highest BCUT2D eigenvalue weighted by Crippen LogP contribution is 2.38. The Morgan fingerprint density at radius 2 is 1.46 bits per heavy atom. The Balaban J connectivity index is 0.00000239. The zero-order valence-electron chi connectivity index (χ0n) is 41.9. The number of carbonyl (C=O) groups excluding carboxylic acids is 3. The first-order chi connectivity index (χ1) is 32.1. The summed E-state index contributed by atoms with van der Waals surface area (Å²) in [5, 5.41) is 55.8. The average molecular weight is 1010 g/mol. The highest BCUT2D eigenvalue weighted by molar-refractivity contribution is 7.45. The number of aliphatic hydroxyl groups is 5. The van der Waals surface area contributed by atoms with Crippen LogP contribution in [0.4, 0.5) is 0 Å². The molecule has 4 aliphatic rings. The summed E-state index contributed by atoms with van der Waals surface area (Å²) < 4.78 is 63.6. The number of hydrogen-bond donors (Lipinski definition) is 8. The number of aliphatic hydroxyl groups excluding tert-OH is 4. The zero-order chi connectivity index (χ0) is 52.3. The van der Waals surface area contributed by atoms with Crippen molar-refractivity contribution < 1.29 is 102 Å². The molecule has 4 aliphatic heterocycles. The van der Waals surface area contributed by atoms with Crippen molar-refractivity contribution in [3.63, 3.8) is 0 Å². The van der Waals surface area contributed by atoms with Gasteiger partial charge in [0.1, 0.15) is 49.0 Å². The molecule has 0 radical (unpaired) electrons. The van der Waals surface area contributed by atoms with Crippen LogP contribution in [0.1, 0.15) is 87.5 Å². The third kappa shape index (κ3) is 17.5. The van der Waals surface area contributed by atoms with E-state index < -0.39 is 148 Å². The van der Waals surface area contributed by atoms with Crippen molar-refractivity contribution in [1.29, 1.82) is 0 Å². The zero-order valence-corrected chi connectivity index (χ0v) is 42.8. The minimum absolute atomic E-state index is 0.00788. The molecule has 400 valence electrons. The lowest BCUT2D eigenvalue weighted by atomic mass is 9.79. The van der Waals surface area contributed by atoms with E-state index in [0.29, 0.717) is 12.0 Å². The summed E-state index contributed by atoms with van der Waals surface area (Å²) in [6.45, 7) is 13.6. The van der Waals surface area contributed by atoms with Gasteiger partial charge in [0.2, 0.25) is 0 Å². The molecule has 23 heteroatoms. The average Bonchev–Trinajstić information content (AvgIpc) is 3.25. The summed E-state index contributed by atoms with van der Waals surface area (Å²) in [6, 6.07) is -0.748. The Labute approximate surface area is 405 Å². The maximum Gasteiger partial charge on any atom is 0.466 e. The number of allylic oxidation sites excluding steroid dienone is 3. The molecule has 21 atom stereocenters. The number of ether oxygens (including phenoxy) is 9. The summed E-state index contributed by atoms with van der Waals surface area (Å²) in [6.07, 6.45) is -8.49. The van der Waals surface area contributed by atoms with E-state index in [0.717, 1.165) is 6.29 Å². The molecule has 8 N–H and O–H groups in total. The topological polar surface area (TPSA) is 316 Å². The SMILES string of the molecule is CC[C@H]1OC(=O)C[C@@H](O)[C@H](C)[C@@H](OC2OC(C)[C@@H](O[C@H]3CC(C)(O)[C@@H](O)[C@H](C)O3)C(N(C)C)[C@H]2O)[C@H](CC=O)C[C@@H](C)C(=O)/C=C/C(C)=C/[C@@H]1CO[C@@H]1O[C@H](C)[C@@H](O)C(OC)[C@@H]1OC.O=P(O)(O)O. The van der Waals surface area contributed by atoms with E-state index in [9.17, 15) is 39.9 Å². The third-order valence-corrected chi connectivity index (χ3v) is 13.4. The van der Waals surface area contributed by atoms with E-state index in [1.807, 2.05) is 19.9 Å². The number of cyclic esters (lactones) is 1. The highest BCUT2D eigenvalue weighted by atomic mass is 31.2. The predicted octanol–water partition coefficient (Wildman–Crippen LogP) is 0.905. The Morgan fingerprint density at radius 3 is 2.01 bits per heavy atom. The van der Waals surface area contributed by atoms with Crippen LogP contribution in [0.5, 0.6) is 0 Å². The minimum Gasteiger partial charge on any atom is -0.462 e. The van der Waals surface area contributed by atoms with Crippen LogP contribution in [0.3, 0.4) is 0 Å². The molecule has 4 heterocycles. The van der Waals surface area contributed by atoms with Gasteiger partial charge in [0.15, 0.2) is 24.7 Å². The number of aldehydes is 1. The molecule has 0 amide bonds. The molecule has 0 aliphatic carbocycles. The van der Waals surface area contributed by atoms with Gasteiger partial charge in [-0.1, -0.05) is 38.5 Å². The molecular weight excluding hydrogens is 933 g/mol. The molecule has 5 unspecified atom stereocenters. The van der Waals surface area contributed by atoms with Gasteiger partial charge in [-0.05, 0) is 73.5 Å². The van der Waals surface area contributed by atoms with Crippen LogP contribution in [0.25, 0.3) is 0 Å². The van der Waals surface area contributed by atoms with Crippen molar-refractivity contribution in [2.24, 2.45) is 23.7 Å². The second-order valence-electron chi connectivity index (χ2n) is 19.3. The monoisotopic (exact) mass is 1010 g/mol. The Morgan fingerprint density at radius 1 is 0.855 bits per heavy atom. The van der Waals surface area contributed by atoms with Gasteiger partial charge in [-0.3, -0.25) is 9.59 Å². The van der Waals surface area contributed by atoms with Gasteiger partial charge in [0.05, 0.1) is 55.2 Å². The number of esters is 1. The molecule has 0 saturated carbocycles. The quantitative estimate of drug-likeness (QED) is 0.0722. The van der Waals surface area contributed by atoms with Crippen molar-refractivity contribution in [3.8, 4) is 0 Å². The van der Waals surface area contributed by atoms with Crippen LogP contribution in [-0.2, 0) is 61.6 Å². The third-order valence-electron chi connectivity index (χ3n) is 13.4. The van der Waals surface area contributed by atoms with Crippen LogP contribution in [0.15, 0.2) is 23.8 Å². The lowest BCUT2D eigenvalue weighted by Crippen LogP contribution is -2.65. The molecule has 69 heavy (non-hydrogen) atoms. The molecule has 3 fully saturated rings. The smallest absolute Gasteiger partial charge is 0.462 e. The van der Waals surface area contributed by atoms with Crippen LogP contribution in [-0.4, -0.2) is 202 Å². The van der Waals surface area contributed by atoms with E-state index in [-0.39, 0.29) is 31.7 Å². The van der Waals surface area contributed by atoms with Crippen molar-refractivity contribution >= 4 is 25.9 Å². The van der Waals surface area contributed by atoms with Crippen LogP contribution < -0.4 is 0 Å². The van der Waals surface area contributed by atoms with Gasteiger partial charge in [0, 0.05) is 44.8 Å². The van der Waals surface area contributed by atoms with Gasteiger partial charge >= 0.3 is 13.8 Å². The fraction of sp³-hybridized carbons (Fsp3) is 0.848. The van der Waals surface area contributed by atoms with Crippen molar-refractivity contribution in [3.05, 3.63) is 23.8 Å². The first-order valence-corrected chi connectivity index (χ1v) is 25.0. The number of likely N-dealkylation sites (N-methyl/N-ethyl adjacent to an activating group) is 1. The van der Waals surface area contributed by atoms with E-state index in [1.165, 1.54) is 27.2 Å².